The molecule has 4 saturated carbocycles. The van der Waals surface area contributed by atoms with Gasteiger partial charge in [0.25, 0.3) is 0 Å². The highest BCUT2D eigenvalue weighted by Crippen LogP contribution is 2.63. The average Bonchev–Trinajstić information content (AvgIpc) is 2.10. The van der Waals surface area contributed by atoms with E-state index in [1.807, 2.05) is 0 Å². The fourth-order valence-corrected chi connectivity index (χ4v) is 5.06. The third-order valence-corrected chi connectivity index (χ3v) is 5.01. The molecule has 0 saturated heterocycles. The molecule has 0 aromatic heterocycles. The summed E-state index contributed by atoms with van der Waals surface area (Å²) in [7, 11) is 0. The van der Waals surface area contributed by atoms with E-state index in [4.69, 9.17) is 0 Å². The lowest BCUT2D eigenvalue weighted by Crippen LogP contribution is -2.55. The van der Waals surface area contributed by atoms with E-state index in [1.165, 1.54) is 6.42 Å². The second-order valence-corrected chi connectivity index (χ2v) is 6.56. The first-order valence-corrected chi connectivity index (χ1v) is 6.41. The lowest BCUT2D eigenvalue weighted by Gasteiger charge is -2.60. The van der Waals surface area contributed by atoms with E-state index in [-0.39, 0.29) is 11.8 Å². The van der Waals surface area contributed by atoms with E-state index in [0.29, 0.717) is 18.3 Å². The van der Waals surface area contributed by atoms with Gasteiger partial charge in [-0.2, -0.15) is 0 Å². The second kappa shape index (κ2) is 3.22. The quantitative estimate of drug-likeness (QED) is 0.771. The summed E-state index contributed by atoms with van der Waals surface area (Å²) in [6, 6.07) is 0. The first-order valence-electron chi connectivity index (χ1n) is 6.41. The van der Waals surface area contributed by atoms with Gasteiger partial charge in [-0.3, -0.25) is 0 Å². The molecule has 0 aromatic rings. The van der Waals surface area contributed by atoms with Crippen LogP contribution in [-0.4, -0.2) is 16.7 Å². The second-order valence-electron chi connectivity index (χ2n) is 6.56. The van der Waals surface area contributed by atoms with Crippen molar-refractivity contribution >= 4 is 5.97 Å². The van der Waals surface area contributed by atoms with Gasteiger partial charge in [-0.05, 0) is 68.6 Å². The van der Waals surface area contributed by atoms with E-state index in [0.717, 1.165) is 32.1 Å². The van der Waals surface area contributed by atoms with E-state index >= 15 is 0 Å². The van der Waals surface area contributed by atoms with Gasteiger partial charge < -0.3 is 15.0 Å². The van der Waals surface area contributed by atoms with Gasteiger partial charge in [0, 0.05) is 5.97 Å². The largest absolute Gasteiger partial charge is 0.550 e. The summed E-state index contributed by atoms with van der Waals surface area (Å²) in [4.78, 5) is 10.6. The predicted octanol–water partition coefficient (Wildman–Crippen LogP) is 0.848. The monoisotopic (exact) mass is 223 g/mol. The number of carbonyl (C=O) groups excluding carboxylic acids is 1. The molecule has 1 N–H and O–H groups in total. The Morgan fingerprint density at radius 2 is 1.88 bits per heavy atom. The minimum absolute atomic E-state index is 0.124. The van der Waals surface area contributed by atoms with Gasteiger partial charge >= 0.3 is 0 Å². The summed E-state index contributed by atoms with van der Waals surface area (Å²) in [6.07, 6.45) is 7.15. The maximum absolute atomic E-state index is 10.6. The highest BCUT2D eigenvalue weighted by atomic mass is 16.4. The Kier molecular flexibility index (Phi) is 2.13. The number of carboxylic acid groups (broad SMARTS) is 1. The number of aliphatic carboxylic acids is 1. The summed E-state index contributed by atoms with van der Waals surface area (Å²) in [5, 5.41) is 21.1. The summed E-state index contributed by atoms with van der Waals surface area (Å²) < 4.78 is 0. The van der Waals surface area contributed by atoms with Crippen LogP contribution in [-0.2, 0) is 4.79 Å². The Labute approximate surface area is 95.9 Å². The van der Waals surface area contributed by atoms with Crippen LogP contribution in [0.4, 0.5) is 0 Å². The molecule has 0 radical (unpaired) electrons. The smallest absolute Gasteiger partial charge is 0.0658 e. The van der Waals surface area contributed by atoms with E-state index in [2.05, 4.69) is 0 Å². The van der Waals surface area contributed by atoms with Crippen LogP contribution in [0.1, 0.15) is 51.4 Å². The molecule has 2 unspecified atom stereocenters. The van der Waals surface area contributed by atoms with E-state index in [9.17, 15) is 15.0 Å². The lowest BCUT2D eigenvalue weighted by molar-refractivity contribution is -0.307. The molecule has 0 aliphatic heterocycles. The standard InChI is InChI=1S/C13H20O3/c14-11(15)1-2-12-4-9-3-10(5-12)7-13(16,6-9)8-12/h9-10,16H,1-8H2,(H,14,15)/p-1/t9-,10+,12?,13?. The van der Waals surface area contributed by atoms with Crippen molar-refractivity contribution in [1.29, 1.82) is 0 Å². The molecule has 0 spiro atoms. The summed E-state index contributed by atoms with van der Waals surface area (Å²) in [5.41, 5.74) is -0.338. The molecule has 3 nitrogen and oxygen atoms in total. The third kappa shape index (κ3) is 1.65. The molecule has 90 valence electrons. The van der Waals surface area contributed by atoms with Gasteiger partial charge in [-0.15, -0.1) is 0 Å². The first kappa shape index (κ1) is 10.6. The van der Waals surface area contributed by atoms with Gasteiger partial charge in [0.15, 0.2) is 0 Å². The van der Waals surface area contributed by atoms with Crippen molar-refractivity contribution < 1.29 is 15.0 Å². The maximum atomic E-state index is 10.6. The molecular weight excluding hydrogens is 204 g/mol. The van der Waals surface area contributed by atoms with E-state index < -0.39 is 11.6 Å². The van der Waals surface area contributed by atoms with Crippen LogP contribution in [0.25, 0.3) is 0 Å². The van der Waals surface area contributed by atoms with Gasteiger partial charge in [-0.25, -0.2) is 0 Å². The minimum atomic E-state index is -0.942. The molecule has 4 aliphatic rings. The molecule has 4 fully saturated rings. The van der Waals surface area contributed by atoms with Crippen LogP contribution in [0.5, 0.6) is 0 Å². The van der Waals surface area contributed by atoms with Crippen LogP contribution in [0.3, 0.4) is 0 Å². The third-order valence-electron chi connectivity index (χ3n) is 5.01. The normalized spacial score (nSPS) is 49.6. The van der Waals surface area contributed by atoms with Crippen molar-refractivity contribution in [2.75, 3.05) is 0 Å². The number of aliphatic hydroxyl groups is 1. The molecule has 0 aromatic carbocycles. The van der Waals surface area contributed by atoms with Crippen molar-refractivity contribution in [1.82, 2.24) is 0 Å². The number of hydrogen-bond acceptors (Lipinski definition) is 3. The van der Waals surface area contributed by atoms with Crippen molar-refractivity contribution in [3.05, 3.63) is 0 Å². The van der Waals surface area contributed by atoms with Gasteiger partial charge in [0.1, 0.15) is 0 Å². The molecule has 4 bridgehead atoms. The molecule has 0 heterocycles. The number of carboxylic acids is 1. The van der Waals surface area contributed by atoms with Crippen LogP contribution in [0.15, 0.2) is 0 Å². The van der Waals surface area contributed by atoms with Crippen molar-refractivity contribution in [3.63, 3.8) is 0 Å². The Hall–Kier alpha value is -0.570. The fourth-order valence-electron chi connectivity index (χ4n) is 5.06. The van der Waals surface area contributed by atoms with Gasteiger partial charge in [0.2, 0.25) is 0 Å². The molecule has 4 rings (SSSR count). The van der Waals surface area contributed by atoms with Crippen LogP contribution in [0.2, 0.25) is 0 Å². The van der Waals surface area contributed by atoms with Crippen molar-refractivity contribution in [2.45, 2.75) is 57.0 Å². The first-order chi connectivity index (χ1) is 7.49. The minimum Gasteiger partial charge on any atom is -0.550 e. The lowest BCUT2D eigenvalue weighted by atomic mass is 9.47. The molecule has 3 heteroatoms. The molecule has 4 atom stereocenters. The number of rotatable bonds is 3. The van der Waals surface area contributed by atoms with Crippen molar-refractivity contribution in [2.24, 2.45) is 17.3 Å². The zero-order chi connectivity index (χ0) is 11.4. The Bertz CT molecular complexity index is 309. The number of hydrogen-bond donors (Lipinski definition) is 1. The highest BCUT2D eigenvalue weighted by molar-refractivity contribution is 5.64. The number of carbonyl (C=O) groups is 1. The van der Waals surface area contributed by atoms with Crippen LogP contribution in [0, 0.1) is 17.3 Å². The summed E-state index contributed by atoms with van der Waals surface area (Å²) >= 11 is 0. The van der Waals surface area contributed by atoms with E-state index in [1.54, 1.807) is 0 Å². The molecule has 0 amide bonds. The molecule has 4 aliphatic carbocycles. The Morgan fingerprint density at radius 3 is 2.38 bits per heavy atom. The average molecular weight is 223 g/mol. The van der Waals surface area contributed by atoms with Gasteiger partial charge in [-0.1, -0.05) is 0 Å². The highest BCUT2D eigenvalue weighted by Gasteiger charge is 2.56. The Morgan fingerprint density at radius 1 is 1.25 bits per heavy atom. The SMILES string of the molecule is O=C([O-])CCC12C[C@@H]3C[C@@H](CC(O)(C3)C1)C2. The predicted molar refractivity (Wildman–Crippen MR) is 56.3 cm³/mol. The summed E-state index contributed by atoms with van der Waals surface area (Å²) in [6.45, 7) is 0. The van der Waals surface area contributed by atoms with Crippen LogP contribution >= 0.6 is 0 Å². The van der Waals surface area contributed by atoms with Crippen LogP contribution < -0.4 is 5.11 Å². The molecular formula is C13H19O3-. The molecule has 16 heavy (non-hydrogen) atoms. The zero-order valence-corrected chi connectivity index (χ0v) is 9.58. The maximum Gasteiger partial charge on any atom is 0.0658 e. The Balaban J connectivity index is 1.78. The van der Waals surface area contributed by atoms with Crippen molar-refractivity contribution in [3.8, 4) is 0 Å². The zero-order valence-electron chi connectivity index (χ0n) is 9.58. The fraction of sp³-hybridized carbons (Fsp3) is 0.923. The summed E-state index contributed by atoms with van der Waals surface area (Å²) in [5.74, 6) is 0.351. The van der Waals surface area contributed by atoms with Gasteiger partial charge in [0.05, 0.1) is 5.60 Å². The topological polar surface area (TPSA) is 60.4 Å².